The van der Waals surface area contributed by atoms with Crippen molar-refractivity contribution in [1.82, 2.24) is 4.98 Å². The van der Waals surface area contributed by atoms with Gasteiger partial charge in [0.25, 0.3) is 0 Å². The largest absolute Gasteiger partial charge is 0.383 e. The van der Waals surface area contributed by atoms with E-state index >= 15 is 0 Å². The molecule has 1 saturated carbocycles. The predicted octanol–water partition coefficient (Wildman–Crippen LogP) is 4.17. The van der Waals surface area contributed by atoms with Crippen molar-refractivity contribution in [2.75, 3.05) is 11.1 Å². The van der Waals surface area contributed by atoms with Crippen LogP contribution in [-0.4, -0.2) is 17.6 Å². The number of aliphatic imine (C=N–C) groups is 1. The van der Waals surface area contributed by atoms with E-state index in [1.807, 2.05) is 12.3 Å². The Morgan fingerprint density at radius 1 is 1.24 bits per heavy atom. The Kier molecular flexibility index (Phi) is 5.38. The number of nitrogens with two attached hydrogens (primary N) is 1. The molecule has 1 heterocycles. The fourth-order valence-electron chi connectivity index (χ4n) is 3.18. The molecule has 0 atom stereocenters. The molecule has 6 heteroatoms. The Morgan fingerprint density at radius 2 is 2.04 bits per heavy atom. The highest BCUT2D eigenvalue weighted by atomic mass is 19.1. The lowest BCUT2D eigenvalue weighted by Crippen LogP contribution is -2.07. The number of anilines is 2. The number of carbonyl (C=O) groups is 1. The van der Waals surface area contributed by atoms with Crippen molar-refractivity contribution in [3.63, 3.8) is 0 Å². The molecule has 3 N–H and O–H groups in total. The van der Waals surface area contributed by atoms with Crippen molar-refractivity contribution in [2.45, 2.75) is 38.0 Å². The summed E-state index contributed by atoms with van der Waals surface area (Å²) >= 11 is 0. The molecule has 2 aromatic rings. The van der Waals surface area contributed by atoms with Crippen LogP contribution in [0.25, 0.3) is 0 Å². The first-order chi connectivity index (χ1) is 12.2. The fraction of sp³-hybridized carbons (Fsp3) is 0.316. The standard InChI is InChI=1S/C19H21FN4O/c20-17-7-6-16(24-12-25)9-18(17)22-11-15-8-14(10-23-19(15)21)13-4-2-1-3-5-13/h6-13H,1-5H2,(H2,21,23)(H,24,25). The molecule has 1 aromatic heterocycles. The maximum Gasteiger partial charge on any atom is 0.211 e. The fourth-order valence-corrected chi connectivity index (χ4v) is 3.18. The molecule has 130 valence electrons. The monoisotopic (exact) mass is 340 g/mol. The minimum atomic E-state index is -0.470. The summed E-state index contributed by atoms with van der Waals surface area (Å²) in [6.45, 7) is 0. The third kappa shape index (κ3) is 4.21. The minimum absolute atomic E-state index is 0.134. The van der Waals surface area contributed by atoms with E-state index in [1.54, 1.807) is 0 Å². The van der Waals surface area contributed by atoms with Gasteiger partial charge in [-0.15, -0.1) is 0 Å². The van der Waals surface area contributed by atoms with Crippen molar-refractivity contribution in [1.29, 1.82) is 0 Å². The molecule has 0 aliphatic heterocycles. The van der Waals surface area contributed by atoms with E-state index in [2.05, 4.69) is 15.3 Å². The third-order valence-corrected chi connectivity index (χ3v) is 4.56. The molecular weight excluding hydrogens is 319 g/mol. The van der Waals surface area contributed by atoms with Crippen LogP contribution < -0.4 is 11.1 Å². The molecule has 1 aliphatic rings. The molecule has 0 spiro atoms. The summed E-state index contributed by atoms with van der Waals surface area (Å²) < 4.78 is 13.9. The second-order valence-electron chi connectivity index (χ2n) is 6.26. The second-order valence-corrected chi connectivity index (χ2v) is 6.26. The molecule has 0 unspecified atom stereocenters. The predicted molar refractivity (Wildman–Crippen MR) is 97.8 cm³/mol. The summed E-state index contributed by atoms with van der Waals surface area (Å²) in [7, 11) is 0. The zero-order valence-corrected chi connectivity index (χ0v) is 13.9. The number of aromatic nitrogens is 1. The van der Waals surface area contributed by atoms with E-state index in [0.29, 0.717) is 29.4 Å². The van der Waals surface area contributed by atoms with Crippen molar-refractivity contribution >= 4 is 29.8 Å². The number of nitrogens with zero attached hydrogens (tertiary/aromatic N) is 2. The summed E-state index contributed by atoms with van der Waals surface area (Å²) in [6.07, 6.45) is 9.98. The van der Waals surface area contributed by atoms with E-state index in [4.69, 9.17) is 5.73 Å². The van der Waals surface area contributed by atoms with Gasteiger partial charge in [0.15, 0.2) is 0 Å². The first-order valence-corrected chi connectivity index (χ1v) is 8.46. The number of halogens is 1. The minimum Gasteiger partial charge on any atom is -0.383 e. The van der Waals surface area contributed by atoms with Gasteiger partial charge in [-0.2, -0.15) is 0 Å². The van der Waals surface area contributed by atoms with E-state index in [9.17, 15) is 9.18 Å². The number of nitrogens with one attached hydrogen (secondary N) is 1. The van der Waals surface area contributed by atoms with Gasteiger partial charge in [-0.25, -0.2) is 9.37 Å². The number of carbonyl (C=O) groups excluding carboxylic acids is 1. The molecule has 0 bridgehead atoms. The van der Waals surface area contributed by atoms with Gasteiger partial charge in [-0.05, 0) is 48.6 Å². The lowest BCUT2D eigenvalue weighted by Gasteiger charge is -2.22. The molecule has 5 nitrogen and oxygen atoms in total. The normalized spacial score (nSPS) is 15.4. The van der Waals surface area contributed by atoms with Gasteiger partial charge in [0, 0.05) is 23.7 Å². The Balaban J connectivity index is 1.85. The lowest BCUT2D eigenvalue weighted by atomic mass is 9.84. The van der Waals surface area contributed by atoms with Crippen molar-refractivity contribution in [2.24, 2.45) is 4.99 Å². The Hall–Kier alpha value is -2.76. The van der Waals surface area contributed by atoms with Crippen molar-refractivity contribution in [3.05, 3.63) is 47.4 Å². The number of rotatable bonds is 5. The molecule has 3 rings (SSSR count). The third-order valence-electron chi connectivity index (χ3n) is 4.56. The topological polar surface area (TPSA) is 80.4 Å². The average Bonchev–Trinajstić information content (AvgIpc) is 2.64. The SMILES string of the molecule is Nc1ncc(C2CCCCC2)cc1C=Nc1cc(NC=O)ccc1F. The van der Waals surface area contributed by atoms with E-state index < -0.39 is 5.82 Å². The van der Waals surface area contributed by atoms with Crippen LogP contribution in [0.3, 0.4) is 0 Å². The summed E-state index contributed by atoms with van der Waals surface area (Å²) in [5.41, 5.74) is 8.39. The highest BCUT2D eigenvalue weighted by Crippen LogP contribution is 2.33. The van der Waals surface area contributed by atoms with E-state index in [1.165, 1.54) is 43.7 Å². The zero-order chi connectivity index (χ0) is 17.6. The molecular formula is C19H21FN4O. The van der Waals surface area contributed by atoms with Crippen LogP contribution in [0, 0.1) is 5.82 Å². The molecule has 25 heavy (non-hydrogen) atoms. The number of pyridine rings is 1. The maximum atomic E-state index is 13.9. The lowest BCUT2D eigenvalue weighted by molar-refractivity contribution is -0.105. The van der Waals surface area contributed by atoms with Gasteiger partial charge in [-0.3, -0.25) is 9.79 Å². The smallest absolute Gasteiger partial charge is 0.211 e. The van der Waals surface area contributed by atoms with Gasteiger partial charge in [0.2, 0.25) is 6.41 Å². The summed E-state index contributed by atoms with van der Waals surface area (Å²) in [4.78, 5) is 19.0. The van der Waals surface area contributed by atoms with Crippen molar-refractivity contribution in [3.8, 4) is 0 Å². The van der Waals surface area contributed by atoms with Crippen LogP contribution in [0.4, 0.5) is 21.6 Å². The number of hydrogen-bond acceptors (Lipinski definition) is 4. The molecule has 0 radical (unpaired) electrons. The summed E-state index contributed by atoms with van der Waals surface area (Å²) in [5.74, 6) is 0.402. The van der Waals surface area contributed by atoms with Crippen LogP contribution in [0.2, 0.25) is 0 Å². The average molecular weight is 340 g/mol. The van der Waals surface area contributed by atoms with Gasteiger partial charge < -0.3 is 11.1 Å². The van der Waals surface area contributed by atoms with Gasteiger partial charge in [0.1, 0.15) is 17.3 Å². The second kappa shape index (κ2) is 7.88. The number of benzene rings is 1. The molecule has 1 aromatic carbocycles. The first kappa shape index (κ1) is 17.1. The summed E-state index contributed by atoms with van der Waals surface area (Å²) in [5, 5.41) is 2.48. The van der Waals surface area contributed by atoms with Gasteiger partial charge in [-0.1, -0.05) is 19.3 Å². The Labute approximate surface area is 146 Å². The quantitative estimate of drug-likeness (QED) is 0.633. The van der Waals surface area contributed by atoms with Crippen LogP contribution in [-0.2, 0) is 4.79 Å². The summed E-state index contributed by atoms with van der Waals surface area (Å²) in [6, 6.07) is 6.20. The van der Waals surface area contributed by atoms with Crippen LogP contribution in [0.15, 0.2) is 35.5 Å². The number of nitrogen functional groups attached to an aromatic ring is 1. The maximum absolute atomic E-state index is 13.9. The van der Waals surface area contributed by atoms with Crippen molar-refractivity contribution < 1.29 is 9.18 Å². The van der Waals surface area contributed by atoms with E-state index in [0.717, 1.165) is 18.4 Å². The number of amides is 1. The Bertz CT molecular complexity index is 785. The highest BCUT2D eigenvalue weighted by Gasteiger charge is 2.16. The highest BCUT2D eigenvalue weighted by molar-refractivity contribution is 5.88. The van der Waals surface area contributed by atoms with Crippen LogP contribution >= 0.6 is 0 Å². The molecule has 1 aliphatic carbocycles. The van der Waals surface area contributed by atoms with Gasteiger partial charge >= 0.3 is 0 Å². The number of hydrogen-bond donors (Lipinski definition) is 2. The molecule has 1 fully saturated rings. The molecule has 0 saturated heterocycles. The van der Waals surface area contributed by atoms with Crippen LogP contribution in [0.5, 0.6) is 0 Å². The van der Waals surface area contributed by atoms with Gasteiger partial charge in [0.05, 0.1) is 0 Å². The Morgan fingerprint density at radius 3 is 2.80 bits per heavy atom. The molecule has 1 amide bonds. The van der Waals surface area contributed by atoms with E-state index in [-0.39, 0.29) is 5.69 Å². The zero-order valence-electron chi connectivity index (χ0n) is 13.9. The van der Waals surface area contributed by atoms with Crippen LogP contribution in [0.1, 0.15) is 49.1 Å². The first-order valence-electron chi connectivity index (χ1n) is 8.46.